The molecule has 4 rings (SSSR count). The van der Waals surface area contributed by atoms with Gasteiger partial charge in [-0.05, 0) is 91.2 Å². The van der Waals surface area contributed by atoms with E-state index in [1.165, 1.54) is 36.5 Å². The van der Waals surface area contributed by atoms with E-state index in [9.17, 15) is 8.78 Å². The van der Waals surface area contributed by atoms with E-state index in [-0.39, 0.29) is 5.41 Å². The van der Waals surface area contributed by atoms with Crippen LogP contribution in [0.15, 0.2) is 79.4 Å². The van der Waals surface area contributed by atoms with E-state index in [4.69, 9.17) is 5.26 Å². The smallest absolute Gasteiger partial charge is 0.160 e. The summed E-state index contributed by atoms with van der Waals surface area (Å²) >= 11 is 0. The second-order valence-electron chi connectivity index (χ2n) is 8.51. The van der Waals surface area contributed by atoms with Gasteiger partial charge < -0.3 is 10.6 Å². The standard InChI is InChI=1S/C22H24N2.C7H7F2N/c1-2-3-11-22(12-14-24-15-13-22)21-9-7-19(8-10-21)20-6-4-5-18(16-20)17-23;1-10-5-2-3-6(8)7(9)4-5/h2,4-10,16,24H,1,3,11-15H2;2-4,10H,1H3. The highest BCUT2D eigenvalue weighted by atomic mass is 19.2. The molecule has 176 valence electrons. The number of benzene rings is 3. The Labute approximate surface area is 201 Å². The summed E-state index contributed by atoms with van der Waals surface area (Å²) < 4.78 is 24.6. The second-order valence-corrected chi connectivity index (χ2v) is 8.51. The molecule has 34 heavy (non-hydrogen) atoms. The Bertz CT molecular complexity index is 1130. The molecule has 5 heteroatoms. The molecule has 3 aromatic carbocycles. The van der Waals surface area contributed by atoms with Gasteiger partial charge in [0.1, 0.15) is 0 Å². The fraction of sp³-hybridized carbons (Fsp3) is 0.276. The summed E-state index contributed by atoms with van der Waals surface area (Å²) in [4.78, 5) is 0. The predicted molar refractivity (Wildman–Crippen MR) is 136 cm³/mol. The molecule has 0 aromatic heterocycles. The number of anilines is 1. The summed E-state index contributed by atoms with van der Waals surface area (Å²) in [6.07, 6.45) is 6.63. The molecule has 0 aliphatic carbocycles. The first-order valence-corrected chi connectivity index (χ1v) is 11.6. The molecule has 1 aliphatic heterocycles. The van der Waals surface area contributed by atoms with Gasteiger partial charge in [-0.1, -0.05) is 42.5 Å². The maximum Gasteiger partial charge on any atom is 0.160 e. The Morgan fingerprint density at radius 1 is 1.00 bits per heavy atom. The molecule has 3 aromatic rings. The van der Waals surface area contributed by atoms with Gasteiger partial charge in [0, 0.05) is 12.7 Å². The first-order chi connectivity index (χ1) is 16.5. The van der Waals surface area contributed by atoms with Crippen LogP contribution in [0.5, 0.6) is 0 Å². The van der Waals surface area contributed by atoms with Gasteiger partial charge in [-0.3, -0.25) is 0 Å². The van der Waals surface area contributed by atoms with Gasteiger partial charge in [-0.15, -0.1) is 6.58 Å². The number of nitriles is 1. The van der Waals surface area contributed by atoms with Gasteiger partial charge >= 0.3 is 0 Å². The van der Waals surface area contributed by atoms with Crippen molar-refractivity contribution in [3.05, 3.63) is 102 Å². The van der Waals surface area contributed by atoms with Crippen LogP contribution in [0, 0.1) is 23.0 Å². The van der Waals surface area contributed by atoms with E-state index < -0.39 is 11.6 Å². The van der Waals surface area contributed by atoms with Gasteiger partial charge in [-0.25, -0.2) is 8.78 Å². The third-order valence-electron chi connectivity index (χ3n) is 6.42. The van der Waals surface area contributed by atoms with Crippen molar-refractivity contribution in [1.29, 1.82) is 5.26 Å². The van der Waals surface area contributed by atoms with Crippen LogP contribution in [0.4, 0.5) is 14.5 Å². The van der Waals surface area contributed by atoms with Crippen molar-refractivity contribution in [1.82, 2.24) is 5.32 Å². The van der Waals surface area contributed by atoms with Crippen LogP contribution in [0.2, 0.25) is 0 Å². The summed E-state index contributed by atoms with van der Waals surface area (Å²) in [5.41, 5.74) is 5.25. The largest absolute Gasteiger partial charge is 0.388 e. The van der Waals surface area contributed by atoms with Gasteiger partial charge in [0.2, 0.25) is 0 Å². The summed E-state index contributed by atoms with van der Waals surface area (Å²) in [6.45, 7) is 6.07. The Hall–Kier alpha value is -3.49. The van der Waals surface area contributed by atoms with Crippen LogP contribution < -0.4 is 10.6 Å². The molecule has 1 fully saturated rings. The average molecular weight is 460 g/mol. The molecule has 1 aliphatic rings. The van der Waals surface area contributed by atoms with E-state index >= 15 is 0 Å². The Morgan fingerprint density at radius 2 is 1.74 bits per heavy atom. The van der Waals surface area contributed by atoms with Crippen molar-refractivity contribution in [3.8, 4) is 17.2 Å². The Balaban J connectivity index is 0.000000271. The van der Waals surface area contributed by atoms with Crippen molar-refractivity contribution in [3.63, 3.8) is 0 Å². The van der Waals surface area contributed by atoms with E-state index in [2.05, 4.69) is 53.6 Å². The van der Waals surface area contributed by atoms with Gasteiger partial charge in [0.15, 0.2) is 11.6 Å². The molecule has 0 bridgehead atoms. The Kier molecular flexibility index (Phi) is 8.95. The predicted octanol–water partition coefficient (Wildman–Crippen LogP) is 6.82. The van der Waals surface area contributed by atoms with Crippen LogP contribution in [0.25, 0.3) is 11.1 Å². The minimum absolute atomic E-state index is 0.270. The highest BCUT2D eigenvalue weighted by Gasteiger charge is 2.32. The number of nitrogens with one attached hydrogen (secondary N) is 2. The molecule has 1 saturated heterocycles. The van der Waals surface area contributed by atoms with Crippen LogP contribution >= 0.6 is 0 Å². The van der Waals surface area contributed by atoms with E-state index in [1.54, 1.807) is 7.05 Å². The lowest BCUT2D eigenvalue weighted by Gasteiger charge is -2.38. The molecule has 0 radical (unpaired) electrons. The van der Waals surface area contributed by atoms with E-state index in [0.29, 0.717) is 11.3 Å². The molecule has 0 unspecified atom stereocenters. The summed E-state index contributed by atoms with van der Waals surface area (Å²) in [5.74, 6) is -1.65. The zero-order valence-corrected chi connectivity index (χ0v) is 19.6. The fourth-order valence-corrected chi connectivity index (χ4v) is 4.40. The summed E-state index contributed by atoms with van der Waals surface area (Å²) in [7, 11) is 1.65. The molecule has 0 atom stereocenters. The van der Waals surface area contributed by atoms with Gasteiger partial charge in [0.25, 0.3) is 0 Å². The second kappa shape index (κ2) is 12.1. The number of hydrogen-bond acceptors (Lipinski definition) is 3. The number of nitrogens with zero attached hydrogens (tertiary/aromatic N) is 1. The van der Waals surface area contributed by atoms with Crippen molar-refractivity contribution in [2.24, 2.45) is 0 Å². The highest BCUT2D eigenvalue weighted by molar-refractivity contribution is 5.65. The monoisotopic (exact) mass is 459 g/mol. The molecule has 2 N–H and O–H groups in total. The maximum absolute atomic E-state index is 12.4. The molecule has 0 spiro atoms. The lowest BCUT2D eigenvalue weighted by molar-refractivity contribution is 0.289. The van der Waals surface area contributed by atoms with E-state index in [0.717, 1.165) is 37.2 Å². The normalized spacial score (nSPS) is 14.3. The number of piperidine rings is 1. The van der Waals surface area contributed by atoms with Crippen LogP contribution in [-0.4, -0.2) is 20.1 Å². The average Bonchev–Trinajstić information content (AvgIpc) is 2.90. The van der Waals surface area contributed by atoms with Gasteiger partial charge in [0.05, 0.1) is 11.6 Å². The molecular weight excluding hydrogens is 428 g/mol. The minimum atomic E-state index is -0.827. The first-order valence-electron chi connectivity index (χ1n) is 11.6. The fourth-order valence-electron chi connectivity index (χ4n) is 4.40. The molecule has 0 saturated carbocycles. The number of rotatable bonds is 6. The molecular formula is C29H31F2N3. The Morgan fingerprint density at radius 3 is 2.35 bits per heavy atom. The summed E-state index contributed by atoms with van der Waals surface area (Å²) in [5, 5.41) is 15.2. The summed E-state index contributed by atoms with van der Waals surface area (Å²) in [6, 6.07) is 22.6. The van der Waals surface area contributed by atoms with Crippen molar-refractivity contribution >= 4 is 5.69 Å². The first kappa shape index (κ1) is 25.1. The van der Waals surface area contributed by atoms with Crippen LogP contribution in [0.1, 0.15) is 36.8 Å². The minimum Gasteiger partial charge on any atom is -0.388 e. The van der Waals surface area contributed by atoms with Crippen LogP contribution in [-0.2, 0) is 5.41 Å². The lowest BCUT2D eigenvalue weighted by Crippen LogP contribution is -2.39. The molecule has 0 amide bonds. The van der Waals surface area contributed by atoms with Crippen LogP contribution in [0.3, 0.4) is 0 Å². The zero-order valence-electron chi connectivity index (χ0n) is 19.6. The number of hydrogen-bond donors (Lipinski definition) is 2. The topological polar surface area (TPSA) is 47.9 Å². The van der Waals surface area contributed by atoms with Crippen molar-refractivity contribution in [2.45, 2.75) is 31.1 Å². The number of allylic oxidation sites excluding steroid dienone is 1. The number of halogens is 2. The zero-order chi connectivity index (χ0) is 24.4. The third kappa shape index (κ3) is 6.30. The highest BCUT2D eigenvalue weighted by Crippen LogP contribution is 2.38. The molecule has 3 nitrogen and oxygen atoms in total. The molecule has 1 heterocycles. The van der Waals surface area contributed by atoms with Gasteiger partial charge in [-0.2, -0.15) is 5.26 Å². The SMILES string of the molecule is C=CCCC1(c2ccc(-c3cccc(C#N)c3)cc2)CCNCC1.CNc1ccc(F)c(F)c1. The lowest BCUT2D eigenvalue weighted by atomic mass is 9.70. The van der Waals surface area contributed by atoms with Crippen molar-refractivity contribution in [2.75, 3.05) is 25.5 Å². The van der Waals surface area contributed by atoms with Crippen molar-refractivity contribution < 1.29 is 8.78 Å². The maximum atomic E-state index is 12.4. The third-order valence-corrected chi connectivity index (χ3v) is 6.42. The quantitative estimate of drug-likeness (QED) is 0.398. The van der Waals surface area contributed by atoms with E-state index in [1.807, 2.05) is 24.3 Å².